The Hall–Kier alpha value is -4.52. The summed E-state index contributed by atoms with van der Waals surface area (Å²) in [5.74, 6) is -0.278. The fourth-order valence-corrected chi connectivity index (χ4v) is 4.41. The number of aromatic nitrogens is 1. The largest absolute Gasteiger partial charge is 0.506 e. The molecule has 0 amide bonds. The van der Waals surface area contributed by atoms with Gasteiger partial charge in [0.15, 0.2) is 5.78 Å². The molecule has 5 aromatic rings. The number of anilines is 2. The highest BCUT2D eigenvalue weighted by molar-refractivity contribution is 6.05. The van der Waals surface area contributed by atoms with Crippen molar-refractivity contribution >= 4 is 38.8 Å². The quantitative estimate of drug-likeness (QED) is 0.247. The maximum absolute atomic E-state index is 13.4. The fraction of sp³-hybridized carbons (Fsp3) is 0.111. The Labute approximate surface area is 195 Å². The van der Waals surface area contributed by atoms with Crippen LogP contribution in [0.4, 0.5) is 11.4 Å². The van der Waals surface area contributed by atoms with Gasteiger partial charge < -0.3 is 25.1 Å². The zero-order valence-electron chi connectivity index (χ0n) is 18.5. The van der Waals surface area contributed by atoms with E-state index in [4.69, 9.17) is 10.2 Å². The lowest BCUT2D eigenvalue weighted by atomic mass is 9.99. The highest BCUT2D eigenvalue weighted by Crippen LogP contribution is 2.34. The lowest BCUT2D eigenvalue weighted by Gasteiger charge is -2.20. The van der Waals surface area contributed by atoms with Gasteiger partial charge in [0.05, 0.1) is 17.8 Å². The summed E-state index contributed by atoms with van der Waals surface area (Å²) in [6.45, 7) is 0. The monoisotopic (exact) mass is 453 g/mol. The summed E-state index contributed by atoms with van der Waals surface area (Å²) in [4.78, 5) is 26.4. The average Bonchev–Trinajstić information content (AvgIpc) is 3.38. The lowest BCUT2D eigenvalue weighted by Crippen LogP contribution is -2.26. The summed E-state index contributed by atoms with van der Waals surface area (Å²) < 4.78 is 6.99. The zero-order valence-corrected chi connectivity index (χ0v) is 18.5. The molecule has 0 bridgehead atoms. The minimum absolute atomic E-state index is 0.113. The number of aromatic hydroxyl groups is 1. The Kier molecular flexibility index (Phi) is 5.30. The minimum Gasteiger partial charge on any atom is -0.506 e. The molecule has 1 atom stereocenters. The number of carbonyl (C=O) groups excluding carboxylic acids is 1. The number of nitrogens with one attached hydrogen (secondary N) is 1. The van der Waals surface area contributed by atoms with Gasteiger partial charge >= 0.3 is 0 Å². The smallest absolute Gasteiger partial charge is 0.265 e. The van der Waals surface area contributed by atoms with E-state index in [0.29, 0.717) is 22.4 Å². The lowest BCUT2D eigenvalue weighted by molar-refractivity contribution is 0.0969. The Morgan fingerprint density at radius 3 is 2.59 bits per heavy atom. The first-order valence-electron chi connectivity index (χ1n) is 10.9. The number of benzene rings is 3. The van der Waals surface area contributed by atoms with E-state index in [1.807, 2.05) is 36.4 Å². The van der Waals surface area contributed by atoms with E-state index in [-0.39, 0.29) is 17.7 Å². The first-order chi connectivity index (χ1) is 16.5. The number of carbonyl (C=O) groups is 1. The van der Waals surface area contributed by atoms with Crippen LogP contribution >= 0.6 is 0 Å². The number of hydrogen-bond donors (Lipinski definition) is 3. The van der Waals surface area contributed by atoms with Crippen molar-refractivity contribution in [3.63, 3.8) is 0 Å². The van der Waals surface area contributed by atoms with Crippen LogP contribution in [0.2, 0.25) is 0 Å². The van der Waals surface area contributed by atoms with Crippen molar-refractivity contribution in [2.45, 2.75) is 12.5 Å². The second-order valence-electron chi connectivity index (χ2n) is 8.20. The van der Waals surface area contributed by atoms with Gasteiger partial charge in [-0.15, -0.1) is 0 Å². The molecule has 0 fully saturated rings. The predicted octanol–water partition coefficient (Wildman–Crippen LogP) is 5.00. The van der Waals surface area contributed by atoms with Crippen molar-refractivity contribution < 1.29 is 14.3 Å². The van der Waals surface area contributed by atoms with E-state index in [2.05, 4.69) is 5.32 Å². The molecule has 0 aliphatic heterocycles. The number of furan rings is 1. The van der Waals surface area contributed by atoms with Crippen LogP contribution in [-0.4, -0.2) is 15.5 Å². The number of ketones is 1. The number of nitrogen functional groups attached to an aromatic ring is 1. The SMILES string of the molecule is Cn1c(=O)c(C(=O)C[C@H](Nc2cccc3cccc(N)c23)c2ccco2)c(O)c2ccccc21. The summed E-state index contributed by atoms with van der Waals surface area (Å²) in [5.41, 5.74) is 7.35. The van der Waals surface area contributed by atoms with E-state index in [0.717, 1.165) is 16.5 Å². The van der Waals surface area contributed by atoms with Gasteiger partial charge in [0.2, 0.25) is 0 Å². The number of hydrogen-bond acceptors (Lipinski definition) is 6. The summed E-state index contributed by atoms with van der Waals surface area (Å²) in [6.07, 6.45) is 1.41. The molecular weight excluding hydrogens is 430 g/mol. The molecule has 7 heteroatoms. The third kappa shape index (κ3) is 3.57. The Balaban J connectivity index is 1.57. The number of fused-ring (bicyclic) bond motifs is 2. The van der Waals surface area contributed by atoms with Gasteiger partial charge in [-0.05, 0) is 41.8 Å². The molecular formula is C27H23N3O4. The summed E-state index contributed by atoms with van der Waals surface area (Å²) in [5, 5.41) is 16.4. The summed E-state index contributed by atoms with van der Waals surface area (Å²) in [7, 11) is 1.59. The second kappa shape index (κ2) is 8.44. The zero-order chi connectivity index (χ0) is 23.8. The van der Waals surface area contributed by atoms with Crippen LogP contribution in [0.25, 0.3) is 21.7 Å². The first kappa shape index (κ1) is 21.3. The molecule has 170 valence electrons. The Morgan fingerprint density at radius 2 is 1.82 bits per heavy atom. The van der Waals surface area contributed by atoms with Crippen molar-refractivity contribution in [3.05, 3.63) is 101 Å². The van der Waals surface area contributed by atoms with Gasteiger partial charge in [0.1, 0.15) is 17.1 Å². The Morgan fingerprint density at radius 1 is 1.06 bits per heavy atom. The topological polar surface area (TPSA) is 110 Å². The highest BCUT2D eigenvalue weighted by atomic mass is 16.3. The maximum Gasteiger partial charge on any atom is 0.265 e. The Bertz CT molecular complexity index is 1580. The number of nitrogens with zero attached hydrogens (tertiary/aromatic N) is 1. The van der Waals surface area contributed by atoms with Crippen molar-refractivity contribution in [2.24, 2.45) is 7.05 Å². The third-order valence-electron chi connectivity index (χ3n) is 6.10. The molecule has 0 saturated heterocycles. The molecule has 0 radical (unpaired) electrons. The molecule has 2 heterocycles. The van der Waals surface area contributed by atoms with E-state index in [1.54, 1.807) is 43.4 Å². The number of pyridine rings is 1. The predicted molar refractivity (Wildman–Crippen MR) is 133 cm³/mol. The summed E-state index contributed by atoms with van der Waals surface area (Å²) >= 11 is 0. The van der Waals surface area contributed by atoms with Crippen LogP contribution in [0.3, 0.4) is 0 Å². The average molecular weight is 453 g/mol. The first-order valence-corrected chi connectivity index (χ1v) is 10.9. The molecule has 5 rings (SSSR count). The molecule has 34 heavy (non-hydrogen) atoms. The van der Waals surface area contributed by atoms with Gasteiger partial charge in [-0.2, -0.15) is 0 Å². The van der Waals surface area contributed by atoms with E-state index >= 15 is 0 Å². The van der Waals surface area contributed by atoms with Crippen LogP contribution in [0, 0.1) is 0 Å². The van der Waals surface area contributed by atoms with E-state index in [1.165, 1.54) is 10.8 Å². The van der Waals surface area contributed by atoms with Gasteiger partial charge in [-0.3, -0.25) is 9.59 Å². The molecule has 3 aromatic carbocycles. The molecule has 0 saturated carbocycles. The van der Waals surface area contributed by atoms with Crippen molar-refractivity contribution in [1.29, 1.82) is 0 Å². The molecule has 7 nitrogen and oxygen atoms in total. The van der Waals surface area contributed by atoms with Gasteiger partial charge in [-0.25, -0.2) is 0 Å². The van der Waals surface area contributed by atoms with Crippen LogP contribution in [0.1, 0.15) is 28.6 Å². The van der Waals surface area contributed by atoms with E-state index < -0.39 is 17.4 Å². The van der Waals surface area contributed by atoms with Crippen LogP contribution < -0.4 is 16.6 Å². The van der Waals surface area contributed by atoms with Crippen LogP contribution in [0.15, 0.2) is 88.3 Å². The maximum atomic E-state index is 13.4. The summed E-state index contributed by atoms with van der Waals surface area (Å²) in [6, 6.07) is 21.2. The second-order valence-corrected chi connectivity index (χ2v) is 8.20. The highest BCUT2D eigenvalue weighted by Gasteiger charge is 2.26. The van der Waals surface area contributed by atoms with Crippen LogP contribution in [-0.2, 0) is 7.05 Å². The molecule has 0 spiro atoms. The standard InChI is InChI=1S/C27H23N3O4/c1-30-21-12-3-2-9-17(21)26(32)25(27(30)33)22(31)15-20(23-13-6-14-34-23)29-19-11-5-8-16-7-4-10-18(28)24(16)19/h2-14,20,29,32H,15,28H2,1H3/t20-/m0/s1. The number of para-hydroxylation sites is 1. The third-order valence-corrected chi connectivity index (χ3v) is 6.10. The van der Waals surface area contributed by atoms with Crippen molar-refractivity contribution in [3.8, 4) is 5.75 Å². The molecule has 2 aromatic heterocycles. The van der Waals surface area contributed by atoms with Gasteiger partial charge in [-0.1, -0.05) is 36.4 Å². The van der Waals surface area contributed by atoms with Crippen LogP contribution in [0.5, 0.6) is 5.75 Å². The normalized spacial score (nSPS) is 12.1. The number of Topliss-reactive ketones (excluding diaryl/α,β-unsaturated/α-hetero) is 1. The van der Waals surface area contributed by atoms with Gasteiger partial charge in [0, 0.05) is 35.6 Å². The molecule has 0 aliphatic rings. The molecule has 0 unspecified atom stereocenters. The number of rotatable bonds is 6. The van der Waals surface area contributed by atoms with Gasteiger partial charge in [0.25, 0.3) is 5.56 Å². The molecule has 0 aliphatic carbocycles. The van der Waals surface area contributed by atoms with Crippen molar-refractivity contribution in [2.75, 3.05) is 11.1 Å². The number of aryl methyl sites for hydroxylation is 1. The minimum atomic E-state index is -0.594. The van der Waals surface area contributed by atoms with E-state index in [9.17, 15) is 14.7 Å². The fourth-order valence-electron chi connectivity index (χ4n) is 4.41. The molecule has 4 N–H and O–H groups in total. The number of nitrogens with two attached hydrogens (primary N) is 1. The van der Waals surface area contributed by atoms with Crippen molar-refractivity contribution in [1.82, 2.24) is 4.57 Å².